The van der Waals surface area contributed by atoms with Crippen LogP contribution in [-0.2, 0) is 20.1 Å². The van der Waals surface area contributed by atoms with Gasteiger partial charge in [0.2, 0.25) is 11.9 Å². The SMILES string of the molecule is COC(=O)C1OC1(O)c1ccc(OC)cc1. The summed E-state index contributed by atoms with van der Waals surface area (Å²) in [7, 11) is 2.80. The van der Waals surface area contributed by atoms with Crippen LogP contribution in [-0.4, -0.2) is 31.4 Å². The van der Waals surface area contributed by atoms with Gasteiger partial charge in [-0.3, -0.25) is 0 Å². The Kier molecular flexibility index (Phi) is 2.57. The summed E-state index contributed by atoms with van der Waals surface area (Å²) in [6, 6.07) is 6.65. The summed E-state index contributed by atoms with van der Waals surface area (Å²) >= 11 is 0. The third-order valence-corrected chi connectivity index (χ3v) is 2.51. The van der Waals surface area contributed by atoms with Crippen LogP contribution in [0, 0.1) is 0 Å². The molecule has 2 rings (SSSR count). The predicted octanol–water partition coefficient (Wildman–Crippen LogP) is 0.412. The van der Waals surface area contributed by atoms with E-state index in [-0.39, 0.29) is 0 Å². The van der Waals surface area contributed by atoms with Crippen molar-refractivity contribution in [2.45, 2.75) is 11.9 Å². The molecule has 16 heavy (non-hydrogen) atoms. The second-order valence-electron chi connectivity index (χ2n) is 3.45. The summed E-state index contributed by atoms with van der Waals surface area (Å²) in [5.74, 6) is -1.47. The summed E-state index contributed by atoms with van der Waals surface area (Å²) in [5.41, 5.74) is 0.503. The molecule has 1 aromatic carbocycles. The molecular formula is C11H12O5. The van der Waals surface area contributed by atoms with Gasteiger partial charge in [-0.25, -0.2) is 4.79 Å². The van der Waals surface area contributed by atoms with E-state index < -0.39 is 17.9 Å². The van der Waals surface area contributed by atoms with Gasteiger partial charge in [-0.2, -0.15) is 0 Å². The zero-order chi connectivity index (χ0) is 11.8. The number of benzene rings is 1. The van der Waals surface area contributed by atoms with Gasteiger partial charge in [0.05, 0.1) is 14.2 Å². The molecule has 0 amide bonds. The fourth-order valence-corrected chi connectivity index (χ4v) is 1.51. The Bertz CT molecular complexity index is 399. The van der Waals surface area contributed by atoms with Gasteiger partial charge in [0, 0.05) is 5.56 Å². The number of epoxide rings is 1. The lowest BCUT2D eigenvalue weighted by Crippen LogP contribution is -2.19. The van der Waals surface area contributed by atoms with Gasteiger partial charge in [0.15, 0.2) is 0 Å². The molecule has 0 bridgehead atoms. The quantitative estimate of drug-likeness (QED) is 0.595. The fraction of sp³-hybridized carbons (Fsp3) is 0.364. The van der Waals surface area contributed by atoms with E-state index >= 15 is 0 Å². The van der Waals surface area contributed by atoms with Crippen molar-refractivity contribution in [3.63, 3.8) is 0 Å². The molecule has 1 aliphatic heterocycles. The van der Waals surface area contributed by atoms with Crippen molar-refractivity contribution in [2.75, 3.05) is 14.2 Å². The minimum Gasteiger partial charge on any atom is -0.497 e. The highest BCUT2D eigenvalue weighted by molar-refractivity contribution is 5.79. The molecule has 1 aromatic rings. The molecule has 1 saturated heterocycles. The average molecular weight is 224 g/mol. The van der Waals surface area contributed by atoms with Crippen LogP contribution in [0.4, 0.5) is 0 Å². The number of carbonyl (C=O) groups excluding carboxylic acids is 1. The molecule has 0 spiro atoms. The molecule has 1 N–H and O–H groups in total. The van der Waals surface area contributed by atoms with E-state index in [0.717, 1.165) is 0 Å². The molecule has 1 aliphatic rings. The summed E-state index contributed by atoms with van der Waals surface area (Å²) in [5, 5.41) is 9.96. The topological polar surface area (TPSA) is 68.3 Å². The van der Waals surface area contributed by atoms with Crippen LogP contribution < -0.4 is 4.74 Å². The minimum atomic E-state index is -1.56. The summed E-state index contributed by atoms with van der Waals surface area (Å²) in [6.45, 7) is 0. The van der Waals surface area contributed by atoms with Crippen LogP contribution >= 0.6 is 0 Å². The number of ether oxygens (including phenoxy) is 3. The molecular weight excluding hydrogens is 212 g/mol. The predicted molar refractivity (Wildman–Crippen MR) is 53.8 cm³/mol. The lowest BCUT2D eigenvalue weighted by molar-refractivity contribution is -0.142. The van der Waals surface area contributed by atoms with Gasteiger partial charge in [0.25, 0.3) is 0 Å². The zero-order valence-corrected chi connectivity index (χ0v) is 8.97. The van der Waals surface area contributed by atoms with Crippen molar-refractivity contribution in [2.24, 2.45) is 0 Å². The van der Waals surface area contributed by atoms with Crippen molar-refractivity contribution < 1.29 is 24.1 Å². The molecule has 5 heteroatoms. The number of rotatable bonds is 3. The third kappa shape index (κ3) is 1.64. The Hall–Kier alpha value is -1.59. The van der Waals surface area contributed by atoms with E-state index in [0.29, 0.717) is 11.3 Å². The third-order valence-electron chi connectivity index (χ3n) is 2.51. The lowest BCUT2D eigenvalue weighted by Gasteiger charge is -2.06. The summed E-state index contributed by atoms with van der Waals surface area (Å²) < 4.78 is 14.4. The van der Waals surface area contributed by atoms with Crippen molar-refractivity contribution in [3.8, 4) is 5.75 Å². The Morgan fingerprint density at radius 2 is 2.00 bits per heavy atom. The molecule has 0 aliphatic carbocycles. The smallest absolute Gasteiger partial charge is 0.341 e. The standard InChI is InChI=1S/C11H12O5/c1-14-8-5-3-7(4-6-8)11(13)9(16-11)10(12)15-2/h3-6,9,13H,1-2H3. The Morgan fingerprint density at radius 1 is 1.38 bits per heavy atom. The molecule has 1 fully saturated rings. The van der Waals surface area contributed by atoms with Gasteiger partial charge in [-0.05, 0) is 24.3 Å². The monoisotopic (exact) mass is 224 g/mol. The van der Waals surface area contributed by atoms with E-state index in [1.807, 2.05) is 0 Å². The number of aliphatic hydroxyl groups is 1. The molecule has 1 heterocycles. The van der Waals surface area contributed by atoms with Crippen LogP contribution in [0.2, 0.25) is 0 Å². The number of methoxy groups -OCH3 is 2. The molecule has 0 aromatic heterocycles. The second kappa shape index (κ2) is 3.77. The van der Waals surface area contributed by atoms with Crippen LogP contribution in [0.5, 0.6) is 5.75 Å². The van der Waals surface area contributed by atoms with E-state index in [1.54, 1.807) is 31.4 Å². The van der Waals surface area contributed by atoms with Crippen LogP contribution in [0.25, 0.3) is 0 Å². The number of hydrogen-bond acceptors (Lipinski definition) is 5. The first kappa shape index (κ1) is 10.9. The van der Waals surface area contributed by atoms with E-state index in [9.17, 15) is 9.90 Å². The normalized spacial score (nSPS) is 27.3. The maximum absolute atomic E-state index is 11.2. The summed E-state index contributed by atoms with van der Waals surface area (Å²) in [4.78, 5) is 11.2. The van der Waals surface area contributed by atoms with Crippen molar-refractivity contribution >= 4 is 5.97 Å². The average Bonchev–Trinajstić information content (AvgIpc) is 3.02. The number of carbonyl (C=O) groups is 1. The van der Waals surface area contributed by atoms with Gasteiger partial charge >= 0.3 is 5.97 Å². The highest BCUT2D eigenvalue weighted by Gasteiger charge is 2.62. The van der Waals surface area contributed by atoms with Gasteiger partial charge in [0.1, 0.15) is 5.75 Å². The first-order valence-corrected chi connectivity index (χ1v) is 4.74. The van der Waals surface area contributed by atoms with Crippen molar-refractivity contribution in [3.05, 3.63) is 29.8 Å². The van der Waals surface area contributed by atoms with Crippen LogP contribution in [0.15, 0.2) is 24.3 Å². The Morgan fingerprint density at radius 3 is 2.50 bits per heavy atom. The van der Waals surface area contributed by atoms with Gasteiger partial charge in [-0.1, -0.05) is 0 Å². The fourth-order valence-electron chi connectivity index (χ4n) is 1.51. The number of hydrogen-bond donors (Lipinski definition) is 1. The van der Waals surface area contributed by atoms with E-state index in [1.165, 1.54) is 7.11 Å². The summed E-state index contributed by atoms with van der Waals surface area (Å²) in [6.07, 6.45) is -0.939. The largest absolute Gasteiger partial charge is 0.497 e. The molecule has 0 radical (unpaired) electrons. The minimum absolute atomic E-state index is 0.503. The maximum atomic E-state index is 11.2. The molecule has 2 atom stereocenters. The lowest BCUT2D eigenvalue weighted by atomic mass is 10.1. The van der Waals surface area contributed by atoms with Crippen molar-refractivity contribution in [1.82, 2.24) is 0 Å². The van der Waals surface area contributed by atoms with Crippen molar-refractivity contribution in [1.29, 1.82) is 0 Å². The van der Waals surface area contributed by atoms with E-state index in [4.69, 9.17) is 9.47 Å². The molecule has 5 nitrogen and oxygen atoms in total. The molecule has 86 valence electrons. The first-order chi connectivity index (χ1) is 7.61. The van der Waals surface area contributed by atoms with Gasteiger partial charge < -0.3 is 19.3 Å². The highest BCUT2D eigenvalue weighted by atomic mass is 16.8. The Labute approximate surface area is 92.5 Å². The van der Waals surface area contributed by atoms with Gasteiger partial charge in [-0.15, -0.1) is 0 Å². The van der Waals surface area contributed by atoms with Crippen LogP contribution in [0.3, 0.4) is 0 Å². The molecule has 0 saturated carbocycles. The zero-order valence-electron chi connectivity index (χ0n) is 8.97. The molecule has 2 unspecified atom stereocenters. The highest BCUT2D eigenvalue weighted by Crippen LogP contribution is 2.44. The Balaban J connectivity index is 2.16. The van der Waals surface area contributed by atoms with Crippen LogP contribution in [0.1, 0.15) is 5.56 Å². The second-order valence-corrected chi connectivity index (χ2v) is 3.45. The van der Waals surface area contributed by atoms with E-state index in [2.05, 4.69) is 4.74 Å². The number of esters is 1. The first-order valence-electron chi connectivity index (χ1n) is 4.74. The maximum Gasteiger partial charge on any atom is 0.341 e.